The predicted molar refractivity (Wildman–Crippen MR) is 124 cm³/mol. The predicted octanol–water partition coefficient (Wildman–Crippen LogP) is 4.18. The molecule has 0 bridgehead atoms. The van der Waals surface area contributed by atoms with Crippen LogP contribution in [0.15, 0.2) is 29.1 Å². The van der Waals surface area contributed by atoms with Gasteiger partial charge in [0, 0.05) is 43.9 Å². The molecule has 3 aromatic rings. The molecule has 30 heavy (non-hydrogen) atoms. The number of hydrogen-bond donors (Lipinski definition) is 0. The number of anilines is 2. The second-order valence-corrected chi connectivity index (χ2v) is 9.57. The van der Waals surface area contributed by atoms with Gasteiger partial charge in [0.1, 0.15) is 22.0 Å². The molecule has 1 aliphatic heterocycles. The highest BCUT2D eigenvalue weighted by atomic mass is 35.5. The van der Waals surface area contributed by atoms with Gasteiger partial charge in [0.25, 0.3) is 5.56 Å². The first-order valence-corrected chi connectivity index (χ1v) is 11.1. The third kappa shape index (κ3) is 3.44. The molecule has 0 aliphatic carbocycles. The van der Waals surface area contributed by atoms with E-state index in [0.717, 1.165) is 45.6 Å². The van der Waals surface area contributed by atoms with Crippen LogP contribution in [0.5, 0.6) is 0 Å². The van der Waals surface area contributed by atoms with E-state index in [1.54, 1.807) is 11.6 Å². The van der Waals surface area contributed by atoms with Gasteiger partial charge in [-0.05, 0) is 43.5 Å². The number of rotatable bonds is 3. The Morgan fingerprint density at radius 1 is 1.33 bits per heavy atom. The Kier molecular flexibility index (Phi) is 5.48. The topological polar surface area (TPSA) is 65.2 Å². The molecule has 8 heteroatoms. The van der Waals surface area contributed by atoms with Crippen molar-refractivity contribution < 1.29 is 0 Å². The quantitative estimate of drug-likeness (QED) is 0.610. The van der Waals surface area contributed by atoms with E-state index in [-0.39, 0.29) is 11.1 Å². The highest BCUT2D eigenvalue weighted by Gasteiger charge is 2.32. The Morgan fingerprint density at radius 3 is 2.67 bits per heavy atom. The van der Waals surface area contributed by atoms with E-state index in [1.807, 2.05) is 31.2 Å². The van der Waals surface area contributed by atoms with Crippen molar-refractivity contribution >= 4 is 44.7 Å². The SMILES string of the molecule is Cc1nc2c(N3CC[C@H](N(C)c4ccc(Cl)cc4)[C@H](C)C3)c(C#N)c(=O)n(C)c2s1. The fourth-order valence-corrected chi connectivity index (χ4v) is 5.47. The molecule has 1 saturated heterocycles. The molecule has 0 amide bonds. The minimum atomic E-state index is -0.253. The standard InChI is InChI=1S/C22H24ClN5OS/c1-13-12-28(10-9-18(13)26(3)16-7-5-15(23)6-8-16)20-17(11-24)21(29)27(4)22-19(20)25-14(2)30-22/h5-8,13,18H,9-10,12H2,1-4H3/t13-,18+/m1/s1. The van der Waals surface area contributed by atoms with E-state index in [1.165, 1.54) is 11.3 Å². The van der Waals surface area contributed by atoms with Crippen LogP contribution in [0.4, 0.5) is 11.4 Å². The average molecular weight is 442 g/mol. The molecule has 1 aliphatic rings. The number of halogens is 1. The Balaban J connectivity index is 1.68. The van der Waals surface area contributed by atoms with Crippen LogP contribution in [0.2, 0.25) is 5.02 Å². The summed E-state index contributed by atoms with van der Waals surface area (Å²) >= 11 is 7.53. The Hall–Kier alpha value is -2.56. The van der Waals surface area contributed by atoms with Gasteiger partial charge in [0.2, 0.25) is 0 Å². The lowest BCUT2D eigenvalue weighted by atomic mass is 9.91. The maximum Gasteiger partial charge on any atom is 0.271 e. The van der Waals surface area contributed by atoms with Gasteiger partial charge in [0.05, 0.1) is 10.7 Å². The summed E-state index contributed by atoms with van der Waals surface area (Å²) in [6, 6.07) is 10.4. The minimum absolute atomic E-state index is 0.187. The number of aryl methyl sites for hydroxylation is 2. The Morgan fingerprint density at radius 2 is 2.03 bits per heavy atom. The summed E-state index contributed by atoms with van der Waals surface area (Å²) in [7, 11) is 3.82. The number of fused-ring (bicyclic) bond motifs is 1. The van der Waals surface area contributed by atoms with Crippen molar-refractivity contribution in [3.8, 4) is 6.07 Å². The van der Waals surface area contributed by atoms with Crippen molar-refractivity contribution in [1.82, 2.24) is 9.55 Å². The lowest BCUT2D eigenvalue weighted by Crippen LogP contribution is -2.49. The van der Waals surface area contributed by atoms with Crippen LogP contribution in [0.3, 0.4) is 0 Å². The zero-order valence-electron chi connectivity index (χ0n) is 17.5. The van der Waals surface area contributed by atoms with Crippen molar-refractivity contribution in [1.29, 1.82) is 5.26 Å². The summed E-state index contributed by atoms with van der Waals surface area (Å²) in [4.78, 5) is 22.8. The molecule has 1 fully saturated rings. The summed E-state index contributed by atoms with van der Waals surface area (Å²) < 4.78 is 1.55. The molecule has 0 saturated carbocycles. The van der Waals surface area contributed by atoms with Gasteiger partial charge in [-0.25, -0.2) is 4.98 Å². The first kappa shape index (κ1) is 20.7. The smallest absolute Gasteiger partial charge is 0.271 e. The second-order valence-electron chi connectivity index (χ2n) is 7.95. The van der Waals surface area contributed by atoms with Crippen LogP contribution in [0.25, 0.3) is 10.3 Å². The van der Waals surface area contributed by atoms with Gasteiger partial charge in [-0.3, -0.25) is 4.79 Å². The van der Waals surface area contributed by atoms with Gasteiger partial charge in [0.15, 0.2) is 0 Å². The first-order chi connectivity index (χ1) is 14.3. The molecule has 2 atom stereocenters. The highest BCUT2D eigenvalue weighted by molar-refractivity contribution is 7.18. The third-order valence-corrected chi connectivity index (χ3v) is 7.32. The number of hydrogen-bond acceptors (Lipinski definition) is 6. The normalized spacial score (nSPS) is 19.1. The summed E-state index contributed by atoms with van der Waals surface area (Å²) in [5, 5.41) is 11.4. The van der Waals surface area contributed by atoms with E-state index in [4.69, 9.17) is 11.6 Å². The van der Waals surface area contributed by atoms with E-state index >= 15 is 0 Å². The first-order valence-electron chi connectivity index (χ1n) is 9.95. The number of piperidine rings is 1. The molecule has 156 valence electrons. The molecule has 0 radical (unpaired) electrons. The van der Waals surface area contributed by atoms with Crippen LogP contribution in [-0.4, -0.2) is 35.7 Å². The van der Waals surface area contributed by atoms with Gasteiger partial charge < -0.3 is 14.4 Å². The van der Waals surface area contributed by atoms with Crippen molar-refractivity contribution in [3.63, 3.8) is 0 Å². The molecule has 3 heterocycles. The molecular formula is C22H24ClN5OS. The molecule has 6 nitrogen and oxygen atoms in total. The summed E-state index contributed by atoms with van der Waals surface area (Å²) in [6.45, 7) is 5.68. The fourth-order valence-electron chi connectivity index (χ4n) is 4.47. The third-order valence-electron chi connectivity index (χ3n) is 6.02. The lowest BCUT2D eigenvalue weighted by molar-refractivity contribution is 0.371. The Labute approximate surface area is 184 Å². The summed E-state index contributed by atoms with van der Waals surface area (Å²) in [6.07, 6.45) is 0.922. The van der Waals surface area contributed by atoms with Crippen molar-refractivity contribution in [3.05, 3.63) is 50.2 Å². The van der Waals surface area contributed by atoms with Crippen LogP contribution in [0.1, 0.15) is 23.9 Å². The lowest BCUT2D eigenvalue weighted by Gasteiger charge is -2.43. The monoisotopic (exact) mass is 441 g/mol. The molecule has 0 spiro atoms. The van der Waals surface area contributed by atoms with E-state index in [0.29, 0.717) is 17.6 Å². The van der Waals surface area contributed by atoms with Gasteiger partial charge in [-0.15, -0.1) is 11.3 Å². The van der Waals surface area contributed by atoms with Crippen LogP contribution < -0.4 is 15.4 Å². The van der Waals surface area contributed by atoms with Crippen molar-refractivity contribution in [2.24, 2.45) is 13.0 Å². The molecule has 2 aromatic heterocycles. The number of nitriles is 1. The van der Waals surface area contributed by atoms with Gasteiger partial charge in [-0.2, -0.15) is 5.26 Å². The van der Waals surface area contributed by atoms with Crippen molar-refractivity contribution in [2.75, 3.05) is 29.9 Å². The van der Waals surface area contributed by atoms with Gasteiger partial charge in [-0.1, -0.05) is 18.5 Å². The second kappa shape index (κ2) is 7.93. The molecule has 0 unspecified atom stereocenters. The zero-order chi connectivity index (χ0) is 21.6. The zero-order valence-corrected chi connectivity index (χ0v) is 19.1. The van der Waals surface area contributed by atoms with E-state index < -0.39 is 0 Å². The van der Waals surface area contributed by atoms with E-state index in [2.05, 4.69) is 34.8 Å². The Bertz CT molecular complexity index is 1190. The summed E-state index contributed by atoms with van der Waals surface area (Å²) in [5.74, 6) is 0.338. The van der Waals surface area contributed by atoms with Crippen molar-refractivity contribution in [2.45, 2.75) is 26.3 Å². The van der Waals surface area contributed by atoms with E-state index in [9.17, 15) is 10.1 Å². The van der Waals surface area contributed by atoms with Crippen LogP contribution in [0, 0.1) is 24.2 Å². The maximum atomic E-state index is 12.8. The van der Waals surface area contributed by atoms with Gasteiger partial charge >= 0.3 is 0 Å². The minimum Gasteiger partial charge on any atom is -0.371 e. The highest BCUT2D eigenvalue weighted by Crippen LogP contribution is 2.35. The largest absolute Gasteiger partial charge is 0.371 e. The molecule has 1 aromatic carbocycles. The fraction of sp³-hybridized carbons (Fsp3) is 0.409. The molecule has 4 rings (SSSR count). The van der Waals surface area contributed by atoms with Crippen LogP contribution in [-0.2, 0) is 7.05 Å². The number of benzene rings is 1. The maximum absolute atomic E-state index is 12.8. The number of aromatic nitrogens is 2. The number of thiazole rings is 1. The average Bonchev–Trinajstić information content (AvgIpc) is 3.12. The molecular weight excluding hydrogens is 418 g/mol. The molecule has 0 N–H and O–H groups in total. The number of nitrogens with zero attached hydrogens (tertiary/aromatic N) is 5. The van der Waals surface area contributed by atoms with Crippen LogP contribution >= 0.6 is 22.9 Å². The number of pyridine rings is 1. The summed E-state index contributed by atoms with van der Waals surface area (Å²) in [5.41, 5.74) is 2.52.